The number of aliphatic carboxylic acids is 1. The quantitative estimate of drug-likeness (QED) is 0.923. The maximum Gasteiger partial charge on any atom is 0.320 e. The van der Waals surface area contributed by atoms with E-state index in [1.54, 1.807) is 7.11 Å². The topological polar surface area (TPSA) is 49.8 Å². The summed E-state index contributed by atoms with van der Waals surface area (Å²) in [7, 11) is 1.63. The summed E-state index contributed by atoms with van der Waals surface area (Å²) < 4.78 is 6.13. The van der Waals surface area contributed by atoms with E-state index in [1.165, 1.54) is 0 Å². The first-order valence-corrected chi connectivity index (χ1v) is 7.16. The zero-order valence-corrected chi connectivity index (χ0v) is 12.7. The monoisotopic (exact) mass is 327 g/mol. The lowest BCUT2D eigenvalue weighted by Crippen LogP contribution is -2.37. The van der Waals surface area contributed by atoms with Crippen molar-refractivity contribution in [3.8, 4) is 5.75 Å². The molecular formula is C14H18BrNO3. The Morgan fingerprint density at radius 1 is 1.58 bits per heavy atom. The van der Waals surface area contributed by atoms with Gasteiger partial charge in [-0.2, -0.15) is 0 Å². The predicted octanol–water partition coefficient (Wildman–Crippen LogP) is 3.07. The molecule has 1 saturated heterocycles. The number of benzene rings is 1. The van der Waals surface area contributed by atoms with Crippen molar-refractivity contribution in [2.45, 2.75) is 31.8 Å². The highest BCUT2D eigenvalue weighted by atomic mass is 79.9. The fourth-order valence-electron chi connectivity index (χ4n) is 2.67. The number of carbonyl (C=O) groups is 1. The molecule has 0 radical (unpaired) electrons. The van der Waals surface area contributed by atoms with E-state index in [4.69, 9.17) is 4.74 Å². The Bertz CT molecular complexity index is 478. The number of hydrogen-bond donors (Lipinski definition) is 1. The minimum Gasteiger partial charge on any atom is -0.497 e. The van der Waals surface area contributed by atoms with Crippen molar-refractivity contribution in [1.82, 2.24) is 4.90 Å². The first-order chi connectivity index (χ1) is 9.04. The molecule has 104 valence electrons. The van der Waals surface area contributed by atoms with Gasteiger partial charge in [0, 0.05) is 10.5 Å². The molecule has 1 unspecified atom stereocenters. The highest BCUT2D eigenvalue weighted by molar-refractivity contribution is 9.10. The standard InChI is InChI=1S/C14H18BrNO3/c1-9(16-7-3-4-13(16)14(17)18)11-6-5-10(19-2)8-12(11)15/h5-6,8-9,13H,3-4,7H2,1-2H3,(H,17,18)/t9?,13-/m0/s1. The van der Waals surface area contributed by atoms with Crippen molar-refractivity contribution in [3.05, 3.63) is 28.2 Å². The van der Waals surface area contributed by atoms with Crippen LogP contribution >= 0.6 is 15.9 Å². The molecule has 0 spiro atoms. The van der Waals surface area contributed by atoms with Crippen molar-refractivity contribution in [1.29, 1.82) is 0 Å². The van der Waals surface area contributed by atoms with E-state index in [-0.39, 0.29) is 12.1 Å². The van der Waals surface area contributed by atoms with Crippen molar-refractivity contribution in [3.63, 3.8) is 0 Å². The maximum atomic E-state index is 11.3. The van der Waals surface area contributed by atoms with Gasteiger partial charge in [0.25, 0.3) is 0 Å². The number of carboxylic acid groups (broad SMARTS) is 1. The van der Waals surface area contributed by atoms with E-state index < -0.39 is 5.97 Å². The molecule has 5 heteroatoms. The molecule has 1 aliphatic heterocycles. The van der Waals surface area contributed by atoms with E-state index in [2.05, 4.69) is 20.8 Å². The third-order valence-corrected chi connectivity index (χ3v) is 4.42. The minimum atomic E-state index is -0.728. The normalized spacial score (nSPS) is 21.3. The lowest BCUT2D eigenvalue weighted by molar-refractivity contribution is -0.142. The Morgan fingerprint density at radius 2 is 2.32 bits per heavy atom. The molecule has 0 amide bonds. The molecule has 0 aromatic heterocycles. The maximum absolute atomic E-state index is 11.3. The second-order valence-corrected chi connectivity index (χ2v) is 5.65. The summed E-state index contributed by atoms with van der Waals surface area (Å²) in [4.78, 5) is 13.3. The van der Waals surface area contributed by atoms with E-state index in [0.29, 0.717) is 0 Å². The lowest BCUT2D eigenvalue weighted by Gasteiger charge is -2.29. The Hall–Kier alpha value is -1.07. The Balaban J connectivity index is 2.23. The number of methoxy groups -OCH3 is 1. The average Bonchev–Trinajstić information content (AvgIpc) is 2.87. The summed E-state index contributed by atoms with van der Waals surface area (Å²) in [6.45, 7) is 2.88. The molecule has 1 aromatic rings. The molecule has 1 fully saturated rings. The number of carboxylic acids is 1. The van der Waals surface area contributed by atoms with Crippen molar-refractivity contribution in [2.75, 3.05) is 13.7 Å². The van der Waals surface area contributed by atoms with Gasteiger partial charge in [0.15, 0.2) is 0 Å². The molecule has 2 rings (SSSR count). The van der Waals surface area contributed by atoms with Crippen LogP contribution in [-0.2, 0) is 4.79 Å². The smallest absolute Gasteiger partial charge is 0.320 e. The minimum absolute atomic E-state index is 0.0730. The van der Waals surface area contributed by atoms with Gasteiger partial charge in [0.2, 0.25) is 0 Å². The van der Waals surface area contributed by atoms with Crippen molar-refractivity contribution in [2.24, 2.45) is 0 Å². The molecule has 2 atom stereocenters. The molecule has 0 aliphatic carbocycles. The third-order valence-electron chi connectivity index (χ3n) is 3.73. The summed E-state index contributed by atoms with van der Waals surface area (Å²) >= 11 is 3.54. The first-order valence-electron chi connectivity index (χ1n) is 6.36. The fraction of sp³-hybridized carbons (Fsp3) is 0.500. The first kappa shape index (κ1) is 14.3. The van der Waals surface area contributed by atoms with E-state index >= 15 is 0 Å². The number of rotatable bonds is 4. The van der Waals surface area contributed by atoms with Crippen molar-refractivity contribution < 1.29 is 14.6 Å². The summed E-state index contributed by atoms with van der Waals surface area (Å²) in [6.07, 6.45) is 1.67. The van der Waals surface area contributed by atoms with E-state index in [1.807, 2.05) is 25.1 Å². The van der Waals surface area contributed by atoms with Gasteiger partial charge in [0.1, 0.15) is 11.8 Å². The molecule has 19 heavy (non-hydrogen) atoms. The Labute approximate surface area is 121 Å². The van der Waals surface area contributed by atoms with Crippen LogP contribution in [0.1, 0.15) is 31.4 Å². The average molecular weight is 328 g/mol. The van der Waals surface area contributed by atoms with Gasteiger partial charge < -0.3 is 9.84 Å². The molecule has 0 saturated carbocycles. The van der Waals surface area contributed by atoms with Crippen LogP contribution in [0.3, 0.4) is 0 Å². The Morgan fingerprint density at radius 3 is 2.89 bits per heavy atom. The fourth-order valence-corrected chi connectivity index (χ4v) is 3.36. The number of likely N-dealkylation sites (tertiary alicyclic amines) is 1. The summed E-state index contributed by atoms with van der Waals surface area (Å²) in [5.74, 6) is 0.0630. The third kappa shape index (κ3) is 2.92. The van der Waals surface area contributed by atoms with Crippen LogP contribution in [0.2, 0.25) is 0 Å². The van der Waals surface area contributed by atoms with Gasteiger partial charge >= 0.3 is 5.97 Å². The van der Waals surface area contributed by atoms with Crippen molar-refractivity contribution >= 4 is 21.9 Å². The van der Waals surface area contributed by atoms with Crippen LogP contribution in [0.25, 0.3) is 0 Å². The second kappa shape index (κ2) is 5.92. The lowest BCUT2D eigenvalue weighted by atomic mass is 10.1. The zero-order valence-electron chi connectivity index (χ0n) is 11.1. The number of ether oxygens (including phenoxy) is 1. The van der Waals surface area contributed by atoms with Gasteiger partial charge in [-0.05, 0) is 44.0 Å². The van der Waals surface area contributed by atoms with Gasteiger partial charge in [-0.15, -0.1) is 0 Å². The second-order valence-electron chi connectivity index (χ2n) is 4.80. The molecule has 1 aromatic carbocycles. The van der Waals surface area contributed by atoms with Gasteiger partial charge in [-0.3, -0.25) is 9.69 Å². The summed E-state index contributed by atoms with van der Waals surface area (Å²) in [5, 5.41) is 9.26. The van der Waals surface area contributed by atoms with Crippen LogP contribution < -0.4 is 4.74 Å². The number of hydrogen-bond acceptors (Lipinski definition) is 3. The molecule has 0 bridgehead atoms. The van der Waals surface area contributed by atoms with Gasteiger partial charge in [-0.1, -0.05) is 22.0 Å². The predicted molar refractivity (Wildman–Crippen MR) is 76.5 cm³/mol. The molecule has 1 aliphatic rings. The Kier molecular flexibility index (Phi) is 4.47. The van der Waals surface area contributed by atoms with Crippen LogP contribution in [0, 0.1) is 0 Å². The highest BCUT2D eigenvalue weighted by Gasteiger charge is 2.34. The van der Waals surface area contributed by atoms with Crippen LogP contribution in [0.15, 0.2) is 22.7 Å². The van der Waals surface area contributed by atoms with Crippen LogP contribution in [-0.4, -0.2) is 35.7 Å². The van der Waals surface area contributed by atoms with E-state index in [0.717, 1.165) is 35.2 Å². The van der Waals surface area contributed by atoms with Crippen LogP contribution in [0.4, 0.5) is 0 Å². The largest absolute Gasteiger partial charge is 0.497 e. The highest BCUT2D eigenvalue weighted by Crippen LogP contribution is 2.34. The number of halogens is 1. The van der Waals surface area contributed by atoms with Crippen LogP contribution in [0.5, 0.6) is 5.75 Å². The molecular weight excluding hydrogens is 310 g/mol. The molecule has 1 N–H and O–H groups in total. The molecule has 4 nitrogen and oxygen atoms in total. The number of nitrogens with zero attached hydrogens (tertiary/aromatic N) is 1. The van der Waals surface area contributed by atoms with Gasteiger partial charge in [-0.25, -0.2) is 0 Å². The molecule has 1 heterocycles. The summed E-state index contributed by atoms with van der Waals surface area (Å²) in [5.41, 5.74) is 1.09. The SMILES string of the molecule is COc1ccc(C(C)N2CCC[C@H]2C(=O)O)c(Br)c1. The summed E-state index contributed by atoms with van der Waals surface area (Å²) in [6, 6.07) is 5.51. The van der Waals surface area contributed by atoms with E-state index in [9.17, 15) is 9.90 Å². The zero-order chi connectivity index (χ0) is 14.0. The van der Waals surface area contributed by atoms with Gasteiger partial charge in [0.05, 0.1) is 7.11 Å².